The fourth-order valence-corrected chi connectivity index (χ4v) is 2.19. The maximum atomic E-state index is 11.1. The largest absolute Gasteiger partial charge is 0.381 e. The van der Waals surface area contributed by atoms with Crippen molar-refractivity contribution in [3.05, 3.63) is 33.9 Å². The molecular formula is C13H17N3O4. The number of nitrogens with zero attached hydrogens (tertiary/aromatic N) is 1. The molecule has 108 valence electrons. The van der Waals surface area contributed by atoms with Gasteiger partial charge in [0.05, 0.1) is 4.92 Å². The average molecular weight is 279 g/mol. The van der Waals surface area contributed by atoms with Gasteiger partial charge in [0, 0.05) is 31.4 Å². The Labute approximate surface area is 116 Å². The number of nitrogens with two attached hydrogens (primary N) is 1. The standard InChI is InChI=1S/C13H17N3O4/c14-13(17)10-1-2-12(16(18)19)11(7-10)15-8-9-3-5-20-6-4-9/h1-2,7,9,15H,3-6,8H2,(H2,14,17). The highest BCUT2D eigenvalue weighted by Gasteiger charge is 2.18. The summed E-state index contributed by atoms with van der Waals surface area (Å²) >= 11 is 0. The molecule has 1 heterocycles. The first-order valence-corrected chi connectivity index (χ1v) is 6.48. The minimum Gasteiger partial charge on any atom is -0.381 e. The molecule has 20 heavy (non-hydrogen) atoms. The molecule has 2 rings (SSSR count). The molecule has 0 unspecified atom stereocenters. The number of hydrogen-bond acceptors (Lipinski definition) is 5. The lowest BCUT2D eigenvalue weighted by Gasteiger charge is -2.22. The van der Waals surface area contributed by atoms with Gasteiger partial charge in [0.25, 0.3) is 5.69 Å². The first-order valence-electron chi connectivity index (χ1n) is 6.48. The predicted octanol–water partition coefficient (Wildman–Crippen LogP) is 1.53. The van der Waals surface area contributed by atoms with Crippen LogP contribution in [0, 0.1) is 16.0 Å². The number of nitro benzene ring substituents is 1. The zero-order chi connectivity index (χ0) is 14.5. The summed E-state index contributed by atoms with van der Waals surface area (Å²) in [7, 11) is 0. The summed E-state index contributed by atoms with van der Waals surface area (Å²) in [6.07, 6.45) is 1.85. The van der Waals surface area contributed by atoms with Crippen LogP contribution in [0.5, 0.6) is 0 Å². The van der Waals surface area contributed by atoms with Crippen molar-refractivity contribution >= 4 is 17.3 Å². The Kier molecular flexibility index (Phi) is 4.52. The Morgan fingerprint density at radius 2 is 2.15 bits per heavy atom. The van der Waals surface area contributed by atoms with Crippen LogP contribution >= 0.6 is 0 Å². The maximum Gasteiger partial charge on any atom is 0.292 e. The second-order valence-corrected chi connectivity index (χ2v) is 4.79. The molecule has 0 radical (unpaired) electrons. The third-order valence-corrected chi connectivity index (χ3v) is 3.40. The Balaban J connectivity index is 2.12. The first-order chi connectivity index (χ1) is 9.58. The Hall–Kier alpha value is -2.15. The molecule has 0 atom stereocenters. The number of benzene rings is 1. The van der Waals surface area contributed by atoms with Gasteiger partial charge >= 0.3 is 0 Å². The molecule has 7 heteroatoms. The molecule has 1 saturated heterocycles. The highest BCUT2D eigenvalue weighted by Crippen LogP contribution is 2.26. The molecule has 0 aromatic heterocycles. The molecule has 0 spiro atoms. The van der Waals surface area contributed by atoms with Crippen molar-refractivity contribution in [2.75, 3.05) is 25.1 Å². The molecule has 1 amide bonds. The molecule has 0 saturated carbocycles. The quantitative estimate of drug-likeness (QED) is 0.627. The van der Waals surface area contributed by atoms with Gasteiger partial charge in [-0.3, -0.25) is 14.9 Å². The molecular weight excluding hydrogens is 262 g/mol. The van der Waals surface area contributed by atoms with E-state index < -0.39 is 10.8 Å². The van der Waals surface area contributed by atoms with Crippen molar-refractivity contribution in [2.45, 2.75) is 12.8 Å². The summed E-state index contributed by atoms with van der Waals surface area (Å²) < 4.78 is 5.27. The highest BCUT2D eigenvalue weighted by atomic mass is 16.6. The van der Waals surface area contributed by atoms with Crippen LogP contribution in [0.1, 0.15) is 23.2 Å². The van der Waals surface area contributed by atoms with Gasteiger partial charge in [-0.25, -0.2) is 0 Å². The number of hydrogen-bond donors (Lipinski definition) is 2. The Morgan fingerprint density at radius 3 is 2.75 bits per heavy atom. The van der Waals surface area contributed by atoms with Crippen molar-refractivity contribution in [1.29, 1.82) is 0 Å². The van der Waals surface area contributed by atoms with E-state index in [1.54, 1.807) is 0 Å². The summed E-state index contributed by atoms with van der Waals surface area (Å²) in [4.78, 5) is 21.7. The molecule has 3 N–H and O–H groups in total. The van der Waals surface area contributed by atoms with E-state index in [0.717, 1.165) is 26.1 Å². The van der Waals surface area contributed by atoms with Gasteiger partial charge < -0.3 is 15.8 Å². The Morgan fingerprint density at radius 1 is 1.45 bits per heavy atom. The summed E-state index contributed by atoms with van der Waals surface area (Å²) in [6.45, 7) is 2.05. The fraction of sp³-hybridized carbons (Fsp3) is 0.462. The van der Waals surface area contributed by atoms with Crippen molar-refractivity contribution in [2.24, 2.45) is 11.7 Å². The second kappa shape index (κ2) is 6.33. The summed E-state index contributed by atoms with van der Waals surface area (Å²) in [6, 6.07) is 4.09. The lowest BCUT2D eigenvalue weighted by atomic mass is 10.0. The van der Waals surface area contributed by atoms with E-state index in [1.807, 2.05) is 0 Å². The zero-order valence-electron chi connectivity index (χ0n) is 11.0. The van der Waals surface area contributed by atoms with Crippen LogP contribution in [0.25, 0.3) is 0 Å². The lowest BCUT2D eigenvalue weighted by Crippen LogP contribution is -2.23. The Bertz CT molecular complexity index is 512. The molecule has 0 bridgehead atoms. The van der Waals surface area contributed by atoms with Gasteiger partial charge in [-0.15, -0.1) is 0 Å². The van der Waals surface area contributed by atoms with Crippen LogP contribution in [0.4, 0.5) is 11.4 Å². The zero-order valence-corrected chi connectivity index (χ0v) is 11.0. The summed E-state index contributed by atoms with van der Waals surface area (Å²) in [5.74, 6) is -0.186. The summed E-state index contributed by atoms with van der Waals surface area (Å²) in [5, 5.41) is 14.0. The number of nitro groups is 1. The van der Waals surface area contributed by atoms with Crippen LogP contribution in [0.3, 0.4) is 0 Å². The van der Waals surface area contributed by atoms with Gasteiger partial charge in [-0.1, -0.05) is 0 Å². The monoisotopic (exact) mass is 279 g/mol. The number of carbonyl (C=O) groups excluding carboxylic acids is 1. The maximum absolute atomic E-state index is 11.1. The van der Waals surface area contributed by atoms with Gasteiger partial charge in [0.15, 0.2) is 0 Å². The van der Waals surface area contributed by atoms with E-state index in [2.05, 4.69) is 5.32 Å². The third-order valence-electron chi connectivity index (χ3n) is 3.40. The molecule has 1 aliphatic rings. The molecule has 1 aliphatic heterocycles. The van der Waals surface area contributed by atoms with Gasteiger partial charge in [-0.05, 0) is 30.9 Å². The average Bonchev–Trinajstić information content (AvgIpc) is 2.45. The van der Waals surface area contributed by atoms with E-state index >= 15 is 0 Å². The number of ether oxygens (including phenoxy) is 1. The van der Waals surface area contributed by atoms with Crippen LogP contribution in [0.15, 0.2) is 18.2 Å². The summed E-state index contributed by atoms with van der Waals surface area (Å²) in [5.41, 5.74) is 5.73. The first kappa shape index (κ1) is 14.3. The van der Waals surface area contributed by atoms with E-state index in [0.29, 0.717) is 18.2 Å². The van der Waals surface area contributed by atoms with Crippen LogP contribution in [-0.2, 0) is 4.74 Å². The van der Waals surface area contributed by atoms with Gasteiger partial charge in [0.2, 0.25) is 5.91 Å². The van der Waals surface area contributed by atoms with Crippen LogP contribution in [-0.4, -0.2) is 30.6 Å². The number of rotatable bonds is 5. The number of primary amides is 1. The van der Waals surface area contributed by atoms with Crippen molar-refractivity contribution < 1.29 is 14.5 Å². The van der Waals surface area contributed by atoms with Crippen molar-refractivity contribution in [3.8, 4) is 0 Å². The van der Waals surface area contributed by atoms with Crippen LogP contribution < -0.4 is 11.1 Å². The molecule has 0 aliphatic carbocycles. The van der Waals surface area contributed by atoms with Crippen molar-refractivity contribution in [1.82, 2.24) is 0 Å². The lowest BCUT2D eigenvalue weighted by molar-refractivity contribution is -0.384. The third kappa shape index (κ3) is 3.45. The molecule has 1 aromatic carbocycles. The SMILES string of the molecule is NC(=O)c1ccc([N+](=O)[O-])c(NCC2CCOCC2)c1. The van der Waals surface area contributed by atoms with E-state index in [4.69, 9.17) is 10.5 Å². The second-order valence-electron chi connectivity index (χ2n) is 4.79. The highest BCUT2D eigenvalue weighted by molar-refractivity contribution is 5.94. The van der Waals surface area contributed by atoms with Crippen LogP contribution in [0.2, 0.25) is 0 Å². The number of carbonyl (C=O) groups is 1. The number of anilines is 1. The van der Waals surface area contributed by atoms with E-state index in [9.17, 15) is 14.9 Å². The van der Waals surface area contributed by atoms with E-state index in [1.165, 1.54) is 18.2 Å². The molecule has 1 aromatic rings. The minimum atomic E-state index is -0.603. The smallest absolute Gasteiger partial charge is 0.292 e. The fourth-order valence-electron chi connectivity index (χ4n) is 2.19. The molecule has 7 nitrogen and oxygen atoms in total. The number of nitrogens with one attached hydrogen (secondary N) is 1. The normalized spacial score (nSPS) is 15.8. The molecule has 1 fully saturated rings. The van der Waals surface area contributed by atoms with Gasteiger partial charge in [-0.2, -0.15) is 0 Å². The van der Waals surface area contributed by atoms with E-state index in [-0.39, 0.29) is 11.3 Å². The van der Waals surface area contributed by atoms with Crippen molar-refractivity contribution in [3.63, 3.8) is 0 Å². The van der Waals surface area contributed by atoms with Gasteiger partial charge in [0.1, 0.15) is 5.69 Å². The minimum absolute atomic E-state index is 0.0536. The predicted molar refractivity (Wildman–Crippen MR) is 73.6 cm³/mol. The topological polar surface area (TPSA) is 107 Å². The number of amides is 1.